The topological polar surface area (TPSA) is 93.6 Å². The van der Waals surface area contributed by atoms with Gasteiger partial charge in [-0.05, 0) is 48.9 Å². The molecule has 0 atom stereocenters. The van der Waals surface area contributed by atoms with Crippen molar-refractivity contribution in [3.63, 3.8) is 0 Å². The molecule has 0 saturated carbocycles. The van der Waals surface area contributed by atoms with Crippen LogP contribution < -0.4 is 10.9 Å². The fourth-order valence-electron chi connectivity index (χ4n) is 2.01. The van der Waals surface area contributed by atoms with Gasteiger partial charge in [-0.2, -0.15) is 10.5 Å². The first-order valence-corrected chi connectivity index (χ1v) is 6.96. The SMILES string of the molecule is Cc1c(/C=C(\C#N)C(=O)NNc2ccc(F)cc2)cc(C#N)n1C. The Bertz CT molecular complexity index is 881. The molecule has 0 fully saturated rings. The summed E-state index contributed by atoms with van der Waals surface area (Å²) in [6.45, 7) is 1.79. The smallest absolute Gasteiger partial charge is 0.280 e. The Morgan fingerprint density at radius 2 is 1.96 bits per heavy atom. The Morgan fingerprint density at radius 3 is 2.50 bits per heavy atom. The number of carbonyl (C=O) groups is 1. The van der Waals surface area contributed by atoms with Gasteiger partial charge in [0.05, 0.1) is 5.69 Å². The quantitative estimate of drug-likeness (QED) is 0.513. The third kappa shape index (κ3) is 3.60. The van der Waals surface area contributed by atoms with Crippen molar-refractivity contribution in [2.24, 2.45) is 7.05 Å². The number of hydrazine groups is 1. The van der Waals surface area contributed by atoms with Crippen LogP contribution in [0.4, 0.5) is 10.1 Å². The number of rotatable bonds is 4. The van der Waals surface area contributed by atoms with Crippen LogP contribution in [-0.2, 0) is 11.8 Å². The molecule has 7 heteroatoms. The molecule has 0 bridgehead atoms. The molecule has 1 heterocycles. The van der Waals surface area contributed by atoms with Crippen LogP contribution in [0.5, 0.6) is 0 Å². The predicted molar refractivity (Wildman–Crippen MR) is 86.6 cm³/mol. The minimum atomic E-state index is -0.636. The molecule has 1 aromatic carbocycles. The zero-order valence-electron chi connectivity index (χ0n) is 13.1. The van der Waals surface area contributed by atoms with Gasteiger partial charge in [0.2, 0.25) is 0 Å². The third-order valence-corrected chi connectivity index (χ3v) is 3.52. The van der Waals surface area contributed by atoms with E-state index in [1.54, 1.807) is 24.6 Å². The highest BCUT2D eigenvalue weighted by molar-refractivity contribution is 6.02. The van der Waals surface area contributed by atoms with Gasteiger partial charge in [-0.25, -0.2) is 4.39 Å². The highest BCUT2D eigenvalue weighted by Gasteiger charge is 2.12. The zero-order chi connectivity index (χ0) is 17.7. The van der Waals surface area contributed by atoms with Crippen LogP contribution in [0.15, 0.2) is 35.9 Å². The molecular weight excluding hydrogens is 309 g/mol. The molecule has 0 aliphatic rings. The molecular formula is C17H14FN5O. The average molecular weight is 323 g/mol. The molecule has 0 aliphatic carbocycles. The van der Waals surface area contributed by atoms with E-state index < -0.39 is 11.7 Å². The van der Waals surface area contributed by atoms with Gasteiger partial charge in [0, 0.05) is 12.7 Å². The van der Waals surface area contributed by atoms with Crippen LogP contribution in [0.3, 0.4) is 0 Å². The Kier molecular flexibility index (Phi) is 4.98. The van der Waals surface area contributed by atoms with Crippen molar-refractivity contribution in [3.8, 4) is 12.1 Å². The summed E-state index contributed by atoms with van der Waals surface area (Å²) >= 11 is 0. The summed E-state index contributed by atoms with van der Waals surface area (Å²) in [6, 6.07) is 10.9. The molecule has 0 radical (unpaired) electrons. The van der Waals surface area contributed by atoms with Gasteiger partial charge >= 0.3 is 0 Å². The normalized spacial score (nSPS) is 10.6. The van der Waals surface area contributed by atoms with Crippen molar-refractivity contribution in [3.05, 3.63) is 58.7 Å². The van der Waals surface area contributed by atoms with Gasteiger partial charge in [-0.15, -0.1) is 0 Å². The fourth-order valence-corrected chi connectivity index (χ4v) is 2.01. The number of carbonyl (C=O) groups excluding carboxylic acids is 1. The van der Waals surface area contributed by atoms with E-state index in [9.17, 15) is 14.4 Å². The summed E-state index contributed by atoms with van der Waals surface area (Å²) < 4.78 is 14.5. The maximum Gasteiger partial charge on any atom is 0.280 e. The molecule has 0 spiro atoms. The van der Waals surface area contributed by atoms with Crippen molar-refractivity contribution >= 4 is 17.7 Å². The summed E-state index contributed by atoms with van der Waals surface area (Å²) in [6.07, 6.45) is 1.41. The molecule has 2 aromatic rings. The predicted octanol–water partition coefficient (Wildman–Crippen LogP) is 2.39. The summed E-state index contributed by atoms with van der Waals surface area (Å²) in [5.74, 6) is -1.03. The van der Waals surface area contributed by atoms with Gasteiger partial charge in [-0.3, -0.25) is 15.6 Å². The van der Waals surface area contributed by atoms with E-state index in [0.717, 1.165) is 5.69 Å². The molecule has 2 N–H and O–H groups in total. The lowest BCUT2D eigenvalue weighted by molar-refractivity contribution is -0.116. The van der Waals surface area contributed by atoms with Gasteiger partial charge in [0.15, 0.2) is 0 Å². The van der Waals surface area contributed by atoms with E-state index in [0.29, 0.717) is 16.9 Å². The zero-order valence-corrected chi connectivity index (χ0v) is 13.1. The number of benzene rings is 1. The van der Waals surface area contributed by atoms with Crippen molar-refractivity contribution in [1.82, 2.24) is 9.99 Å². The van der Waals surface area contributed by atoms with Gasteiger partial charge < -0.3 is 4.57 Å². The molecule has 0 saturated heterocycles. The summed E-state index contributed by atoms with van der Waals surface area (Å²) in [5, 5.41) is 18.2. The van der Waals surface area contributed by atoms with Crippen molar-refractivity contribution in [1.29, 1.82) is 10.5 Å². The summed E-state index contributed by atoms with van der Waals surface area (Å²) in [5.41, 5.74) is 7.13. The number of nitriles is 2. The second-order valence-electron chi connectivity index (χ2n) is 5.00. The standard InChI is InChI=1S/C17H14FN5O/c1-11-12(8-16(10-20)23(11)2)7-13(9-19)17(24)22-21-15-5-3-14(18)4-6-15/h3-8,21H,1-2H3,(H,22,24)/b13-7+. The molecule has 2 rings (SSSR count). The maximum atomic E-state index is 12.8. The number of hydrogen-bond acceptors (Lipinski definition) is 4. The minimum Gasteiger partial charge on any atom is -0.339 e. The minimum absolute atomic E-state index is 0.122. The highest BCUT2D eigenvalue weighted by Crippen LogP contribution is 2.17. The highest BCUT2D eigenvalue weighted by atomic mass is 19.1. The van der Waals surface area contributed by atoms with Crippen LogP contribution in [0.2, 0.25) is 0 Å². The van der Waals surface area contributed by atoms with Crippen molar-refractivity contribution in [2.45, 2.75) is 6.92 Å². The molecule has 0 unspecified atom stereocenters. The van der Waals surface area contributed by atoms with Gasteiger partial charge in [-0.1, -0.05) is 0 Å². The Morgan fingerprint density at radius 1 is 1.29 bits per heavy atom. The van der Waals surface area contributed by atoms with E-state index >= 15 is 0 Å². The molecule has 1 amide bonds. The lowest BCUT2D eigenvalue weighted by Crippen LogP contribution is -2.30. The largest absolute Gasteiger partial charge is 0.339 e. The van der Waals surface area contributed by atoms with Crippen molar-refractivity contribution < 1.29 is 9.18 Å². The van der Waals surface area contributed by atoms with E-state index in [1.807, 2.05) is 12.1 Å². The number of amides is 1. The van der Waals surface area contributed by atoms with Crippen molar-refractivity contribution in [2.75, 3.05) is 5.43 Å². The molecule has 0 aliphatic heterocycles. The summed E-state index contributed by atoms with van der Waals surface area (Å²) in [7, 11) is 1.73. The first-order chi connectivity index (χ1) is 11.5. The lowest BCUT2D eigenvalue weighted by atomic mass is 10.1. The number of nitrogens with one attached hydrogen (secondary N) is 2. The van der Waals surface area contributed by atoms with E-state index in [4.69, 9.17) is 5.26 Å². The number of halogens is 1. The second-order valence-corrected chi connectivity index (χ2v) is 5.00. The number of aromatic nitrogens is 1. The molecule has 1 aromatic heterocycles. The van der Waals surface area contributed by atoms with Gasteiger partial charge in [0.1, 0.15) is 29.2 Å². The number of hydrogen-bond donors (Lipinski definition) is 2. The van der Waals surface area contributed by atoms with E-state index in [1.165, 1.54) is 30.3 Å². The van der Waals surface area contributed by atoms with Crippen LogP contribution in [-0.4, -0.2) is 10.5 Å². The fraction of sp³-hybridized carbons (Fsp3) is 0.118. The van der Waals surface area contributed by atoms with E-state index in [-0.39, 0.29) is 5.57 Å². The van der Waals surface area contributed by atoms with E-state index in [2.05, 4.69) is 10.9 Å². The second kappa shape index (κ2) is 7.12. The first kappa shape index (κ1) is 16.8. The molecule has 24 heavy (non-hydrogen) atoms. The maximum absolute atomic E-state index is 12.8. The van der Waals surface area contributed by atoms with Crippen LogP contribution >= 0.6 is 0 Å². The molecule has 6 nitrogen and oxygen atoms in total. The first-order valence-electron chi connectivity index (χ1n) is 6.96. The van der Waals surface area contributed by atoms with Gasteiger partial charge in [0.25, 0.3) is 5.91 Å². The Balaban J connectivity index is 2.16. The Labute approximate surface area is 138 Å². The molecule has 120 valence electrons. The van der Waals surface area contributed by atoms with Crippen LogP contribution in [0.1, 0.15) is 17.0 Å². The van der Waals surface area contributed by atoms with Crippen LogP contribution in [0.25, 0.3) is 6.08 Å². The average Bonchev–Trinajstić information content (AvgIpc) is 2.86. The lowest BCUT2D eigenvalue weighted by Gasteiger charge is -2.07. The van der Waals surface area contributed by atoms with Crippen LogP contribution in [0, 0.1) is 35.4 Å². The number of anilines is 1. The third-order valence-electron chi connectivity index (χ3n) is 3.52. The number of nitrogens with zero attached hydrogens (tertiary/aromatic N) is 3. The Hall–Kier alpha value is -3.58. The summed E-state index contributed by atoms with van der Waals surface area (Å²) in [4.78, 5) is 12.1. The monoisotopic (exact) mass is 323 g/mol.